The fourth-order valence-corrected chi connectivity index (χ4v) is 2.18. The van der Waals surface area contributed by atoms with Crippen LogP contribution in [0, 0.1) is 0 Å². The third kappa shape index (κ3) is 4.07. The van der Waals surface area contributed by atoms with Gasteiger partial charge >= 0.3 is 5.97 Å². The number of fused-ring (bicyclic) bond motifs is 1. The second-order valence-corrected chi connectivity index (χ2v) is 4.79. The standard InChI is InChI=1S/C17H21NO2/c1-2-6-17(19)20-12-11-18-13-15-9-5-8-14-7-3-4-10-16(14)15/h3-5,7-10,18H,2,6,11-13H2,1H3. The van der Waals surface area contributed by atoms with Crippen molar-refractivity contribution in [2.75, 3.05) is 13.2 Å². The van der Waals surface area contributed by atoms with Crippen molar-refractivity contribution < 1.29 is 9.53 Å². The van der Waals surface area contributed by atoms with E-state index in [0.29, 0.717) is 19.6 Å². The van der Waals surface area contributed by atoms with Crippen molar-refractivity contribution in [1.82, 2.24) is 5.32 Å². The lowest BCUT2D eigenvalue weighted by Gasteiger charge is -2.08. The van der Waals surface area contributed by atoms with E-state index in [1.54, 1.807) is 0 Å². The molecular formula is C17H21NO2. The molecule has 0 spiro atoms. The second-order valence-electron chi connectivity index (χ2n) is 4.79. The summed E-state index contributed by atoms with van der Waals surface area (Å²) in [5, 5.41) is 5.83. The second kappa shape index (κ2) is 7.65. The number of carbonyl (C=O) groups excluding carboxylic acids is 1. The number of hydrogen-bond donors (Lipinski definition) is 1. The first-order chi connectivity index (χ1) is 9.81. The Morgan fingerprint density at radius 2 is 1.95 bits per heavy atom. The van der Waals surface area contributed by atoms with Crippen molar-refractivity contribution in [3.8, 4) is 0 Å². The quantitative estimate of drug-likeness (QED) is 0.620. The van der Waals surface area contributed by atoms with Crippen LogP contribution in [-0.2, 0) is 16.1 Å². The van der Waals surface area contributed by atoms with Gasteiger partial charge in [-0.15, -0.1) is 0 Å². The van der Waals surface area contributed by atoms with Crippen LogP contribution >= 0.6 is 0 Å². The van der Waals surface area contributed by atoms with E-state index in [9.17, 15) is 4.79 Å². The molecule has 0 amide bonds. The first-order valence-electron chi connectivity index (χ1n) is 7.14. The number of nitrogens with one attached hydrogen (secondary N) is 1. The molecule has 0 fully saturated rings. The van der Waals surface area contributed by atoms with Crippen molar-refractivity contribution in [1.29, 1.82) is 0 Å². The molecule has 0 heterocycles. The van der Waals surface area contributed by atoms with Crippen molar-refractivity contribution in [3.63, 3.8) is 0 Å². The van der Waals surface area contributed by atoms with Gasteiger partial charge in [-0.2, -0.15) is 0 Å². The van der Waals surface area contributed by atoms with Crippen LogP contribution in [-0.4, -0.2) is 19.1 Å². The number of rotatable bonds is 7. The molecule has 2 rings (SSSR count). The number of carbonyl (C=O) groups is 1. The summed E-state index contributed by atoms with van der Waals surface area (Å²) < 4.78 is 5.11. The zero-order valence-corrected chi connectivity index (χ0v) is 11.9. The van der Waals surface area contributed by atoms with Crippen LogP contribution in [0.5, 0.6) is 0 Å². The van der Waals surface area contributed by atoms with Crippen LogP contribution in [0.25, 0.3) is 10.8 Å². The average Bonchev–Trinajstić information content (AvgIpc) is 2.47. The summed E-state index contributed by atoms with van der Waals surface area (Å²) in [6, 6.07) is 14.7. The van der Waals surface area contributed by atoms with Gasteiger partial charge in [-0.05, 0) is 22.8 Å². The molecule has 0 unspecified atom stereocenters. The molecule has 0 aliphatic carbocycles. The minimum atomic E-state index is -0.112. The van der Waals surface area contributed by atoms with E-state index in [4.69, 9.17) is 4.74 Å². The molecule has 0 aliphatic rings. The molecule has 0 bridgehead atoms. The maximum atomic E-state index is 11.2. The summed E-state index contributed by atoms with van der Waals surface area (Å²) in [5.74, 6) is -0.112. The summed E-state index contributed by atoms with van der Waals surface area (Å²) in [6.45, 7) is 3.87. The van der Waals surface area contributed by atoms with Crippen LogP contribution in [0.2, 0.25) is 0 Å². The van der Waals surface area contributed by atoms with E-state index >= 15 is 0 Å². The molecule has 2 aromatic rings. The van der Waals surface area contributed by atoms with Crippen molar-refractivity contribution in [3.05, 3.63) is 48.0 Å². The van der Waals surface area contributed by atoms with Gasteiger partial charge in [0.15, 0.2) is 0 Å². The highest BCUT2D eigenvalue weighted by Gasteiger charge is 2.01. The lowest BCUT2D eigenvalue weighted by molar-refractivity contribution is -0.143. The topological polar surface area (TPSA) is 38.3 Å². The highest BCUT2D eigenvalue weighted by atomic mass is 16.5. The van der Waals surface area contributed by atoms with Gasteiger partial charge in [-0.1, -0.05) is 49.4 Å². The zero-order valence-electron chi connectivity index (χ0n) is 11.9. The van der Waals surface area contributed by atoms with E-state index in [-0.39, 0.29) is 5.97 Å². The average molecular weight is 271 g/mol. The normalized spacial score (nSPS) is 10.7. The molecule has 0 atom stereocenters. The third-order valence-electron chi connectivity index (χ3n) is 3.19. The van der Waals surface area contributed by atoms with E-state index in [1.807, 2.05) is 13.0 Å². The Kier molecular flexibility index (Phi) is 5.56. The third-order valence-corrected chi connectivity index (χ3v) is 3.19. The Hall–Kier alpha value is -1.87. The Morgan fingerprint density at radius 1 is 1.15 bits per heavy atom. The Morgan fingerprint density at radius 3 is 2.80 bits per heavy atom. The molecule has 0 saturated heterocycles. The van der Waals surface area contributed by atoms with Crippen molar-refractivity contribution in [2.45, 2.75) is 26.3 Å². The number of ether oxygens (including phenoxy) is 1. The molecule has 3 nitrogen and oxygen atoms in total. The Labute approximate surface area is 119 Å². The zero-order chi connectivity index (χ0) is 14.2. The van der Waals surface area contributed by atoms with Crippen LogP contribution in [0.15, 0.2) is 42.5 Å². The van der Waals surface area contributed by atoms with Gasteiger partial charge in [-0.3, -0.25) is 4.79 Å². The molecule has 0 aliphatic heterocycles. The highest BCUT2D eigenvalue weighted by molar-refractivity contribution is 5.85. The molecular weight excluding hydrogens is 250 g/mol. The van der Waals surface area contributed by atoms with E-state index in [0.717, 1.165) is 13.0 Å². The van der Waals surface area contributed by atoms with Gasteiger partial charge in [0.2, 0.25) is 0 Å². The largest absolute Gasteiger partial charge is 0.464 e. The monoisotopic (exact) mass is 271 g/mol. The Balaban J connectivity index is 1.80. The number of hydrogen-bond acceptors (Lipinski definition) is 3. The molecule has 0 radical (unpaired) electrons. The maximum absolute atomic E-state index is 11.2. The van der Waals surface area contributed by atoms with Crippen LogP contribution < -0.4 is 5.32 Å². The minimum absolute atomic E-state index is 0.112. The van der Waals surface area contributed by atoms with Gasteiger partial charge in [-0.25, -0.2) is 0 Å². The van der Waals surface area contributed by atoms with Gasteiger partial charge in [0.05, 0.1) is 0 Å². The lowest BCUT2D eigenvalue weighted by Crippen LogP contribution is -2.21. The predicted molar refractivity (Wildman–Crippen MR) is 81.5 cm³/mol. The van der Waals surface area contributed by atoms with E-state index in [2.05, 4.69) is 41.7 Å². The summed E-state index contributed by atoms with van der Waals surface area (Å²) >= 11 is 0. The molecule has 0 saturated carbocycles. The molecule has 106 valence electrons. The van der Waals surface area contributed by atoms with Gasteiger partial charge in [0.25, 0.3) is 0 Å². The molecule has 2 aromatic carbocycles. The number of benzene rings is 2. The molecule has 0 aromatic heterocycles. The SMILES string of the molecule is CCCC(=O)OCCNCc1cccc2ccccc12. The first kappa shape index (κ1) is 14.5. The van der Waals surface area contributed by atoms with Crippen molar-refractivity contribution >= 4 is 16.7 Å². The summed E-state index contributed by atoms with van der Waals surface area (Å²) in [7, 11) is 0. The fraction of sp³-hybridized carbons (Fsp3) is 0.353. The number of esters is 1. The lowest BCUT2D eigenvalue weighted by atomic mass is 10.0. The van der Waals surface area contributed by atoms with Gasteiger partial charge in [0, 0.05) is 19.5 Å². The summed E-state index contributed by atoms with van der Waals surface area (Å²) in [4.78, 5) is 11.2. The van der Waals surface area contributed by atoms with Crippen LogP contribution in [0.4, 0.5) is 0 Å². The molecule has 1 N–H and O–H groups in total. The van der Waals surface area contributed by atoms with Crippen LogP contribution in [0.1, 0.15) is 25.3 Å². The smallest absolute Gasteiger partial charge is 0.305 e. The fourth-order valence-electron chi connectivity index (χ4n) is 2.18. The minimum Gasteiger partial charge on any atom is -0.464 e. The summed E-state index contributed by atoms with van der Waals surface area (Å²) in [6.07, 6.45) is 1.34. The first-order valence-corrected chi connectivity index (χ1v) is 7.14. The van der Waals surface area contributed by atoms with E-state index < -0.39 is 0 Å². The summed E-state index contributed by atoms with van der Waals surface area (Å²) in [5.41, 5.74) is 1.27. The maximum Gasteiger partial charge on any atom is 0.305 e. The molecule has 3 heteroatoms. The van der Waals surface area contributed by atoms with E-state index in [1.165, 1.54) is 16.3 Å². The highest BCUT2D eigenvalue weighted by Crippen LogP contribution is 2.17. The predicted octanol–water partition coefficient (Wildman–Crippen LogP) is 3.27. The van der Waals surface area contributed by atoms with Gasteiger partial charge in [0.1, 0.15) is 6.61 Å². The van der Waals surface area contributed by atoms with Crippen LogP contribution in [0.3, 0.4) is 0 Å². The van der Waals surface area contributed by atoms with Gasteiger partial charge < -0.3 is 10.1 Å². The molecule has 20 heavy (non-hydrogen) atoms. The Bertz CT molecular complexity index is 560. The van der Waals surface area contributed by atoms with Crippen molar-refractivity contribution in [2.24, 2.45) is 0 Å².